The SMILES string of the molecule is COCC(=O)N1CCC(NC(=O)CN2C(=O)c3ccccc3C2=O)CC1. The molecule has 3 rings (SSSR count). The van der Waals surface area contributed by atoms with Crippen LogP contribution >= 0.6 is 0 Å². The lowest BCUT2D eigenvalue weighted by Crippen LogP contribution is -2.49. The molecule has 8 nitrogen and oxygen atoms in total. The van der Waals surface area contributed by atoms with E-state index in [1.807, 2.05) is 0 Å². The number of hydrogen-bond donors (Lipinski definition) is 1. The molecule has 2 aliphatic heterocycles. The van der Waals surface area contributed by atoms with Gasteiger partial charge in [-0.15, -0.1) is 0 Å². The molecule has 138 valence electrons. The van der Waals surface area contributed by atoms with Gasteiger partial charge in [0.05, 0.1) is 11.1 Å². The van der Waals surface area contributed by atoms with Crippen molar-refractivity contribution >= 4 is 23.6 Å². The lowest BCUT2D eigenvalue weighted by Gasteiger charge is -2.32. The van der Waals surface area contributed by atoms with Gasteiger partial charge in [-0.1, -0.05) is 12.1 Å². The number of fused-ring (bicyclic) bond motifs is 1. The number of carbonyl (C=O) groups excluding carboxylic acids is 4. The van der Waals surface area contributed by atoms with Gasteiger partial charge in [0.15, 0.2) is 0 Å². The summed E-state index contributed by atoms with van der Waals surface area (Å²) in [5, 5.41) is 2.85. The Bertz CT molecular complexity index is 705. The molecule has 1 fully saturated rings. The third kappa shape index (κ3) is 3.60. The Morgan fingerprint density at radius 3 is 2.23 bits per heavy atom. The number of amides is 4. The Balaban J connectivity index is 1.51. The Morgan fingerprint density at radius 1 is 1.12 bits per heavy atom. The van der Waals surface area contributed by atoms with E-state index in [1.54, 1.807) is 29.2 Å². The minimum atomic E-state index is -0.444. The van der Waals surface area contributed by atoms with Crippen LogP contribution in [0.4, 0.5) is 0 Å². The predicted octanol–water partition coefficient (Wildman–Crippen LogP) is 0.0362. The Hall–Kier alpha value is -2.74. The number of carbonyl (C=O) groups is 4. The first kappa shape index (κ1) is 18.1. The molecular weight excluding hydrogens is 338 g/mol. The van der Waals surface area contributed by atoms with E-state index in [9.17, 15) is 19.2 Å². The number of piperidine rings is 1. The van der Waals surface area contributed by atoms with E-state index >= 15 is 0 Å². The highest BCUT2D eigenvalue weighted by Crippen LogP contribution is 2.22. The maximum Gasteiger partial charge on any atom is 0.262 e. The summed E-state index contributed by atoms with van der Waals surface area (Å²) < 4.78 is 4.84. The number of hydrogen-bond acceptors (Lipinski definition) is 5. The quantitative estimate of drug-likeness (QED) is 0.749. The average molecular weight is 359 g/mol. The normalized spacial score (nSPS) is 17.4. The zero-order valence-electron chi connectivity index (χ0n) is 14.6. The van der Waals surface area contributed by atoms with Crippen molar-refractivity contribution in [2.75, 3.05) is 33.4 Å². The fourth-order valence-corrected chi connectivity index (χ4v) is 3.29. The summed E-state index contributed by atoms with van der Waals surface area (Å²) in [5.41, 5.74) is 0.658. The summed E-state index contributed by atoms with van der Waals surface area (Å²) in [7, 11) is 1.48. The van der Waals surface area contributed by atoms with Gasteiger partial charge in [-0.2, -0.15) is 0 Å². The van der Waals surface area contributed by atoms with Crippen LogP contribution in [0.5, 0.6) is 0 Å². The van der Waals surface area contributed by atoms with E-state index in [0.29, 0.717) is 37.1 Å². The van der Waals surface area contributed by atoms with E-state index in [-0.39, 0.29) is 31.0 Å². The van der Waals surface area contributed by atoms with Crippen LogP contribution in [0, 0.1) is 0 Å². The highest BCUT2D eigenvalue weighted by atomic mass is 16.5. The van der Waals surface area contributed by atoms with Crippen LogP contribution in [0.2, 0.25) is 0 Å². The van der Waals surface area contributed by atoms with Gasteiger partial charge in [-0.05, 0) is 25.0 Å². The third-order valence-corrected chi connectivity index (χ3v) is 4.66. The monoisotopic (exact) mass is 359 g/mol. The second kappa shape index (κ2) is 7.65. The highest BCUT2D eigenvalue weighted by molar-refractivity contribution is 6.22. The fourth-order valence-electron chi connectivity index (χ4n) is 3.29. The molecule has 4 amide bonds. The molecular formula is C18H21N3O5. The van der Waals surface area contributed by atoms with Crippen molar-refractivity contribution < 1.29 is 23.9 Å². The van der Waals surface area contributed by atoms with Crippen molar-refractivity contribution in [2.45, 2.75) is 18.9 Å². The van der Waals surface area contributed by atoms with Gasteiger partial charge in [0.1, 0.15) is 13.2 Å². The van der Waals surface area contributed by atoms with Crippen LogP contribution in [-0.2, 0) is 14.3 Å². The fraction of sp³-hybridized carbons (Fsp3) is 0.444. The summed E-state index contributed by atoms with van der Waals surface area (Å²) in [5.74, 6) is -1.33. The van der Waals surface area contributed by atoms with Crippen LogP contribution < -0.4 is 5.32 Å². The van der Waals surface area contributed by atoms with Crippen molar-refractivity contribution in [1.82, 2.24) is 15.1 Å². The summed E-state index contributed by atoms with van der Waals surface area (Å²) in [6, 6.07) is 6.46. The number of ether oxygens (including phenoxy) is 1. The van der Waals surface area contributed by atoms with Crippen molar-refractivity contribution in [1.29, 1.82) is 0 Å². The number of likely N-dealkylation sites (tertiary alicyclic amines) is 1. The molecule has 0 aliphatic carbocycles. The first-order valence-electron chi connectivity index (χ1n) is 8.52. The summed E-state index contributed by atoms with van der Waals surface area (Å²) in [6.07, 6.45) is 1.26. The third-order valence-electron chi connectivity index (χ3n) is 4.66. The van der Waals surface area contributed by atoms with Crippen LogP contribution in [0.1, 0.15) is 33.6 Å². The lowest BCUT2D eigenvalue weighted by atomic mass is 10.0. The van der Waals surface area contributed by atoms with E-state index in [2.05, 4.69) is 5.32 Å². The molecule has 0 spiro atoms. The van der Waals surface area contributed by atoms with Gasteiger partial charge in [0.2, 0.25) is 11.8 Å². The Morgan fingerprint density at radius 2 is 1.69 bits per heavy atom. The van der Waals surface area contributed by atoms with E-state index in [4.69, 9.17) is 4.74 Å². The minimum Gasteiger partial charge on any atom is -0.375 e. The standard InChI is InChI=1S/C18H21N3O5/c1-26-11-16(23)20-8-6-12(7-9-20)19-15(22)10-21-17(24)13-4-2-3-5-14(13)18(21)25/h2-5,12H,6-11H2,1H3,(H,19,22). The molecule has 26 heavy (non-hydrogen) atoms. The van der Waals surface area contributed by atoms with Crippen LogP contribution in [0.15, 0.2) is 24.3 Å². The van der Waals surface area contributed by atoms with Gasteiger partial charge in [-0.3, -0.25) is 24.1 Å². The maximum absolute atomic E-state index is 12.3. The van der Waals surface area contributed by atoms with Crippen molar-refractivity contribution in [3.63, 3.8) is 0 Å². The molecule has 0 atom stereocenters. The first-order valence-corrected chi connectivity index (χ1v) is 8.52. The van der Waals surface area contributed by atoms with Gasteiger partial charge in [0.25, 0.3) is 11.8 Å². The molecule has 8 heteroatoms. The first-order chi connectivity index (χ1) is 12.5. The molecule has 1 N–H and O–H groups in total. The van der Waals surface area contributed by atoms with Gasteiger partial charge in [0, 0.05) is 26.2 Å². The van der Waals surface area contributed by atoms with Gasteiger partial charge in [-0.25, -0.2) is 0 Å². The molecule has 1 aromatic carbocycles. The predicted molar refractivity (Wildman–Crippen MR) is 91.4 cm³/mol. The summed E-state index contributed by atoms with van der Waals surface area (Å²) in [6.45, 7) is 0.840. The molecule has 0 radical (unpaired) electrons. The highest BCUT2D eigenvalue weighted by Gasteiger charge is 2.36. The van der Waals surface area contributed by atoms with Crippen molar-refractivity contribution in [3.05, 3.63) is 35.4 Å². The van der Waals surface area contributed by atoms with Crippen molar-refractivity contribution in [3.8, 4) is 0 Å². The van der Waals surface area contributed by atoms with Crippen LogP contribution in [0.25, 0.3) is 0 Å². The second-order valence-electron chi connectivity index (χ2n) is 6.40. The minimum absolute atomic E-state index is 0.0523. The summed E-state index contributed by atoms with van der Waals surface area (Å²) >= 11 is 0. The van der Waals surface area contributed by atoms with Gasteiger partial charge < -0.3 is 15.0 Å². The molecule has 0 unspecified atom stereocenters. The number of imide groups is 1. The number of nitrogens with one attached hydrogen (secondary N) is 1. The molecule has 2 aliphatic rings. The molecule has 0 bridgehead atoms. The molecule has 1 saturated heterocycles. The van der Waals surface area contributed by atoms with E-state index in [0.717, 1.165) is 4.90 Å². The van der Waals surface area contributed by atoms with Gasteiger partial charge >= 0.3 is 0 Å². The molecule has 0 saturated carbocycles. The number of methoxy groups -OCH3 is 1. The average Bonchev–Trinajstić information content (AvgIpc) is 2.88. The lowest BCUT2D eigenvalue weighted by molar-refractivity contribution is -0.136. The zero-order chi connectivity index (χ0) is 18.7. The Kier molecular flexibility index (Phi) is 5.32. The van der Waals surface area contributed by atoms with E-state index in [1.165, 1.54) is 7.11 Å². The topological polar surface area (TPSA) is 96.0 Å². The molecule has 1 aromatic rings. The van der Waals surface area contributed by atoms with Crippen LogP contribution in [0.3, 0.4) is 0 Å². The number of nitrogens with zero attached hydrogens (tertiary/aromatic N) is 2. The summed E-state index contributed by atoms with van der Waals surface area (Å²) in [4.78, 5) is 51.3. The number of benzene rings is 1. The largest absolute Gasteiger partial charge is 0.375 e. The smallest absolute Gasteiger partial charge is 0.262 e. The second-order valence-corrected chi connectivity index (χ2v) is 6.40. The number of rotatable bonds is 5. The van der Waals surface area contributed by atoms with Crippen molar-refractivity contribution in [2.24, 2.45) is 0 Å². The van der Waals surface area contributed by atoms with Crippen LogP contribution in [-0.4, -0.2) is 72.8 Å². The van der Waals surface area contributed by atoms with E-state index < -0.39 is 11.8 Å². The maximum atomic E-state index is 12.3. The molecule has 0 aromatic heterocycles. The zero-order valence-corrected chi connectivity index (χ0v) is 14.6. The molecule has 2 heterocycles. The Labute approximate surface area is 151 Å².